The number of ether oxygens (including phenoxy) is 1. The van der Waals surface area contributed by atoms with Crippen LogP contribution in [-0.4, -0.2) is 11.1 Å². The second kappa shape index (κ2) is 6.14. The molecule has 3 aromatic rings. The van der Waals surface area contributed by atoms with Gasteiger partial charge in [-0.2, -0.15) is 0 Å². The summed E-state index contributed by atoms with van der Waals surface area (Å²) in [6, 6.07) is 24.1. The molecule has 0 fully saturated rings. The number of hydrogen-bond donors (Lipinski definition) is 1. The van der Waals surface area contributed by atoms with Crippen LogP contribution in [0.25, 0.3) is 11.1 Å². The third-order valence-electron chi connectivity index (χ3n) is 3.30. The quantitative estimate of drug-likeness (QED) is 0.747. The molecule has 0 aliphatic carbocycles. The van der Waals surface area contributed by atoms with Crippen LogP contribution in [0.3, 0.4) is 0 Å². The summed E-state index contributed by atoms with van der Waals surface area (Å²) in [6.45, 7) is 0. The lowest BCUT2D eigenvalue weighted by molar-refractivity contribution is 0.0697. The molecule has 0 saturated heterocycles. The molecule has 0 heterocycles. The standard InChI is InChI=1S/C19H14O3/c20-19(21)15-10-12-16(13-11-15)22-18-9-5-4-8-17(18)14-6-2-1-3-7-14/h1-13H,(H,20,21). The van der Waals surface area contributed by atoms with Gasteiger partial charge in [0.25, 0.3) is 0 Å². The molecule has 0 radical (unpaired) electrons. The molecule has 1 N–H and O–H groups in total. The van der Waals surface area contributed by atoms with Crippen molar-refractivity contribution >= 4 is 5.97 Å². The van der Waals surface area contributed by atoms with Gasteiger partial charge in [-0.1, -0.05) is 48.5 Å². The van der Waals surface area contributed by atoms with E-state index >= 15 is 0 Å². The number of rotatable bonds is 4. The number of carbonyl (C=O) groups is 1. The van der Waals surface area contributed by atoms with Gasteiger partial charge in [-0.15, -0.1) is 0 Å². The van der Waals surface area contributed by atoms with Crippen LogP contribution >= 0.6 is 0 Å². The van der Waals surface area contributed by atoms with Gasteiger partial charge < -0.3 is 9.84 Å². The van der Waals surface area contributed by atoms with Crippen LogP contribution in [0.5, 0.6) is 11.5 Å². The van der Waals surface area contributed by atoms with Crippen molar-refractivity contribution in [3.05, 3.63) is 84.4 Å². The first-order valence-electron chi connectivity index (χ1n) is 6.90. The monoisotopic (exact) mass is 290 g/mol. The number of para-hydroxylation sites is 1. The maximum Gasteiger partial charge on any atom is 0.335 e. The Bertz CT molecular complexity index is 777. The Balaban J connectivity index is 1.91. The van der Waals surface area contributed by atoms with Crippen molar-refractivity contribution in [1.82, 2.24) is 0 Å². The molecule has 0 aliphatic heterocycles. The van der Waals surface area contributed by atoms with Crippen LogP contribution in [0.15, 0.2) is 78.9 Å². The highest BCUT2D eigenvalue weighted by Crippen LogP contribution is 2.33. The second-order valence-electron chi connectivity index (χ2n) is 4.79. The van der Waals surface area contributed by atoms with Gasteiger partial charge in [0.15, 0.2) is 0 Å². The highest BCUT2D eigenvalue weighted by atomic mass is 16.5. The summed E-state index contributed by atoms with van der Waals surface area (Å²) in [5.41, 5.74) is 2.30. The van der Waals surface area contributed by atoms with Crippen LogP contribution in [0.1, 0.15) is 10.4 Å². The molecule has 3 aromatic carbocycles. The normalized spacial score (nSPS) is 10.2. The molecule has 0 saturated carbocycles. The summed E-state index contributed by atoms with van der Waals surface area (Å²) in [5.74, 6) is 0.390. The van der Waals surface area contributed by atoms with Crippen molar-refractivity contribution in [1.29, 1.82) is 0 Å². The summed E-state index contributed by atoms with van der Waals surface area (Å²) in [5, 5.41) is 8.92. The molecule has 0 atom stereocenters. The molecule has 3 rings (SSSR count). The van der Waals surface area contributed by atoms with Crippen LogP contribution in [0, 0.1) is 0 Å². The van der Waals surface area contributed by atoms with Crippen LogP contribution < -0.4 is 4.74 Å². The van der Waals surface area contributed by atoms with Crippen LogP contribution in [0.2, 0.25) is 0 Å². The lowest BCUT2D eigenvalue weighted by Crippen LogP contribution is -1.95. The predicted molar refractivity (Wildman–Crippen MR) is 85.4 cm³/mol. The fourth-order valence-electron chi connectivity index (χ4n) is 2.20. The van der Waals surface area contributed by atoms with E-state index in [1.807, 2.05) is 54.6 Å². The Hall–Kier alpha value is -3.07. The first-order chi connectivity index (χ1) is 10.7. The fourth-order valence-corrected chi connectivity index (χ4v) is 2.20. The molecule has 0 amide bonds. The second-order valence-corrected chi connectivity index (χ2v) is 4.79. The van der Waals surface area contributed by atoms with E-state index in [1.54, 1.807) is 12.1 Å². The van der Waals surface area contributed by atoms with E-state index < -0.39 is 5.97 Å². The first-order valence-corrected chi connectivity index (χ1v) is 6.90. The number of hydrogen-bond acceptors (Lipinski definition) is 2. The fraction of sp³-hybridized carbons (Fsp3) is 0. The van der Waals surface area contributed by atoms with Gasteiger partial charge >= 0.3 is 5.97 Å². The smallest absolute Gasteiger partial charge is 0.335 e. The molecule has 0 bridgehead atoms. The number of carboxylic acid groups (broad SMARTS) is 1. The van der Waals surface area contributed by atoms with Gasteiger partial charge in [0.05, 0.1) is 5.56 Å². The summed E-state index contributed by atoms with van der Waals surface area (Å²) < 4.78 is 5.91. The van der Waals surface area contributed by atoms with E-state index in [2.05, 4.69) is 0 Å². The van der Waals surface area contributed by atoms with Gasteiger partial charge in [0, 0.05) is 5.56 Å². The van der Waals surface area contributed by atoms with Gasteiger partial charge in [-0.3, -0.25) is 0 Å². The van der Waals surface area contributed by atoms with E-state index in [0.717, 1.165) is 16.9 Å². The largest absolute Gasteiger partial charge is 0.478 e. The highest BCUT2D eigenvalue weighted by Gasteiger charge is 2.07. The Labute approximate surface area is 128 Å². The molecule has 0 unspecified atom stereocenters. The molecular formula is C19H14O3. The Morgan fingerprint density at radius 2 is 1.41 bits per heavy atom. The summed E-state index contributed by atoms with van der Waals surface area (Å²) in [7, 11) is 0. The number of aromatic carboxylic acids is 1. The van der Waals surface area contributed by atoms with Crippen molar-refractivity contribution in [2.24, 2.45) is 0 Å². The van der Waals surface area contributed by atoms with Crippen molar-refractivity contribution < 1.29 is 14.6 Å². The average molecular weight is 290 g/mol. The van der Waals surface area contributed by atoms with Crippen molar-refractivity contribution in [3.8, 4) is 22.6 Å². The van der Waals surface area contributed by atoms with E-state index in [4.69, 9.17) is 9.84 Å². The third-order valence-corrected chi connectivity index (χ3v) is 3.30. The van der Waals surface area contributed by atoms with Gasteiger partial charge in [-0.05, 0) is 35.9 Å². The lowest BCUT2D eigenvalue weighted by Gasteiger charge is -2.11. The molecule has 0 spiro atoms. The molecule has 22 heavy (non-hydrogen) atoms. The summed E-state index contributed by atoms with van der Waals surface area (Å²) in [4.78, 5) is 10.9. The number of benzene rings is 3. The van der Waals surface area contributed by atoms with E-state index in [9.17, 15) is 4.79 Å². The minimum absolute atomic E-state index is 0.240. The lowest BCUT2D eigenvalue weighted by atomic mass is 10.0. The summed E-state index contributed by atoms with van der Waals surface area (Å²) >= 11 is 0. The molecule has 3 nitrogen and oxygen atoms in total. The zero-order valence-electron chi connectivity index (χ0n) is 11.8. The molecule has 108 valence electrons. The van der Waals surface area contributed by atoms with Crippen LogP contribution in [0.4, 0.5) is 0 Å². The zero-order valence-corrected chi connectivity index (χ0v) is 11.8. The molecule has 0 aliphatic rings. The SMILES string of the molecule is O=C(O)c1ccc(Oc2ccccc2-c2ccccc2)cc1. The van der Waals surface area contributed by atoms with Crippen molar-refractivity contribution in [2.45, 2.75) is 0 Å². The van der Waals surface area contributed by atoms with Crippen LogP contribution in [-0.2, 0) is 0 Å². The molecule has 3 heteroatoms. The van der Waals surface area contributed by atoms with E-state index in [0.29, 0.717) is 5.75 Å². The van der Waals surface area contributed by atoms with Gasteiger partial charge in [0.1, 0.15) is 11.5 Å². The van der Waals surface area contributed by atoms with Crippen molar-refractivity contribution in [3.63, 3.8) is 0 Å². The Kier molecular flexibility index (Phi) is 3.88. The zero-order chi connectivity index (χ0) is 15.4. The maximum absolute atomic E-state index is 10.9. The minimum Gasteiger partial charge on any atom is -0.478 e. The van der Waals surface area contributed by atoms with Gasteiger partial charge in [0.2, 0.25) is 0 Å². The molecular weight excluding hydrogens is 276 g/mol. The molecule has 0 aromatic heterocycles. The highest BCUT2D eigenvalue weighted by molar-refractivity contribution is 5.87. The van der Waals surface area contributed by atoms with E-state index in [1.165, 1.54) is 12.1 Å². The average Bonchev–Trinajstić information content (AvgIpc) is 2.57. The predicted octanol–water partition coefficient (Wildman–Crippen LogP) is 4.84. The minimum atomic E-state index is -0.948. The number of carboxylic acids is 1. The topological polar surface area (TPSA) is 46.5 Å². The Morgan fingerprint density at radius 1 is 0.773 bits per heavy atom. The maximum atomic E-state index is 10.9. The van der Waals surface area contributed by atoms with Crippen molar-refractivity contribution in [2.75, 3.05) is 0 Å². The summed E-state index contributed by atoms with van der Waals surface area (Å²) in [6.07, 6.45) is 0. The van der Waals surface area contributed by atoms with E-state index in [-0.39, 0.29) is 5.56 Å². The first kappa shape index (κ1) is 13.9. The van der Waals surface area contributed by atoms with Gasteiger partial charge in [-0.25, -0.2) is 4.79 Å². The Morgan fingerprint density at radius 3 is 2.09 bits per heavy atom. The third kappa shape index (κ3) is 2.99.